The van der Waals surface area contributed by atoms with E-state index in [1.165, 1.54) is 0 Å². The highest BCUT2D eigenvalue weighted by Crippen LogP contribution is 2.14. The van der Waals surface area contributed by atoms with Gasteiger partial charge in [-0.1, -0.05) is 24.0 Å². The van der Waals surface area contributed by atoms with Gasteiger partial charge in [-0.15, -0.1) is 0 Å². The first-order chi connectivity index (χ1) is 10.1. The number of amides is 1. The van der Waals surface area contributed by atoms with Crippen molar-refractivity contribution < 1.29 is 9.90 Å². The topological polar surface area (TPSA) is 67.2 Å². The molecule has 0 bridgehead atoms. The Morgan fingerprint density at radius 1 is 1.52 bits per heavy atom. The Hall–Kier alpha value is -2.58. The van der Waals surface area contributed by atoms with Crippen LogP contribution in [0.2, 0.25) is 0 Å². The van der Waals surface area contributed by atoms with E-state index >= 15 is 0 Å². The Kier molecular flexibility index (Phi) is 4.75. The third-order valence-electron chi connectivity index (χ3n) is 2.98. The summed E-state index contributed by atoms with van der Waals surface area (Å²) in [5.74, 6) is 5.24. The van der Waals surface area contributed by atoms with Crippen LogP contribution in [-0.2, 0) is 7.05 Å². The fourth-order valence-electron chi connectivity index (χ4n) is 1.91. The van der Waals surface area contributed by atoms with Gasteiger partial charge in [0.2, 0.25) is 0 Å². The molecule has 1 aromatic carbocycles. The first kappa shape index (κ1) is 14.8. The summed E-state index contributed by atoms with van der Waals surface area (Å²) in [5.41, 5.74) is 2.14. The molecule has 0 fully saturated rings. The minimum Gasteiger partial charge on any atom is -0.384 e. The molecule has 1 aromatic heterocycles. The van der Waals surface area contributed by atoms with Crippen LogP contribution in [-0.4, -0.2) is 27.2 Å². The molecule has 2 rings (SSSR count). The van der Waals surface area contributed by atoms with Crippen molar-refractivity contribution in [3.05, 3.63) is 53.6 Å². The van der Waals surface area contributed by atoms with Crippen molar-refractivity contribution >= 4 is 5.91 Å². The molecule has 5 nitrogen and oxygen atoms in total. The number of imidazole rings is 1. The first-order valence-electron chi connectivity index (χ1n) is 6.58. The van der Waals surface area contributed by atoms with Crippen molar-refractivity contribution in [2.24, 2.45) is 7.05 Å². The molecule has 0 aliphatic heterocycles. The van der Waals surface area contributed by atoms with Gasteiger partial charge in [0, 0.05) is 18.8 Å². The Morgan fingerprint density at radius 2 is 2.33 bits per heavy atom. The number of nitrogens with zero attached hydrogens (tertiary/aromatic N) is 2. The third kappa shape index (κ3) is 3.94. The Morgan fingerprint density at radius 3 is 3.00 bits per heavy atom. The van der Waals surface area contributed by atoms with Gasteiger partial charge in [0.25, 0.3) is 5.91 Å². The van der Waals surface area contributed by atoms with Gasteiger partial charge in [-0.2, -0.15) is 0 Å². The molecule has 0 saturated carbocycles. The number of aromatic nitrogens is 2. The maximum atomic E-state index is 12.1. The zero-order chi connectivity index (χ0) is 15.2. The Balaban J connectivity index is 2.09. The van der Waals surface area contributed by atoms with E-state index in [0.717, 1.165) is 11.1 Å². The van der Waals surface area contributed by atoms with E-state index in [0.29, 0.717) is 5.69 Å². The summed E-state index contributed by atoms with van der Waals surface area (Å²) in [6.45, 7) is 1.73. The Bertz CT molecular complexity index is 695. The zero-order valence-corrected chi connectivity index (χ0v) is 12.0. The summed E-state index contributed by atoms with van der Waals surface area (Å²) in [7, 11) is 1.82. The van der Waals surface area contributed by atoms with Crippen LogP contribution in [0.15, 0.2) is 36.8 Å². The summed E-state index contributed by atoms with van der Waals surface area (Å²) >= 11 is 0. The smallest absolute Gasteiger partial charge is 0.271 e. The maximum Gasteiger partial charge on any atom is 0.271 e. The van der Waals surface area contributed by atoms with Gasteiger partial charge >= 0.3 is 0 Å². The molecule has 2 N–H and O–H groups in total. The lowest BCUT2D eigenvalue weighted by Crippen LogP contribution is -2.27. The van der Waals surface area contributed by atoms with Crippen molar-refractivity contribution in [2.75, 3.05) is 6.61 Å². The molecule has 1 atom stereocenters. The zero-order valence-electron chi connectivity index (χ0n) is 12.0. The number of hydrogen-bond acceptors (Lipinski definition) is 3. The molecule has 2 aromatic rings. The quantitative estimate of drug-likeness (QED) is 0.833. The number of benzene rings is 1. The number of nitrogens with one attached hydrogen (secondary N) is 1. The van der Waals surface area contributed by atoms with Gasteiger partial charge in [0.05, 0.1) is 12.4 Å². The van der Waals surface area contributed by atoms with Crippen molar-refractivity contribution in [3.63, 3.8) is 0 Å². The van der Waals surface area contributed by atoms with Crippen molar-refractivity contribution in [3.8, 4) is 11.8 Å². The summed E-state index contributed by atoms with van der Waals surface area (Å²) in [4.78, 5) is 16.1. The standard InChI is InChI=1S/C16H17N3O2/c1-12(18-16(21)15-10-19(2)11-17-15)14-7-3-5-13(9-14)6-4-8-20/h3,5,7,9-12,20H,8H2,1-2H3,(H,18,21). The highest BCUT2D eigenvalue weighted by molar-refractivity contribution is 5.92. The minimum absolute atomic E-state index is 0.157. The van der Waals surface area contributed by atoms with Crippen LogP contribution < -0.4 is 5.32 Å². The number of aliphatic hydroxyl groups excluding tert-OH is 1. The van der Waals surface area contributed by atoms with E-state index in [4.69, 9.17) is 5.11 Å². The van der Waals surface area contributed by atoms with Crippen LogP contribution in [0.25, 0.3) is 0 Å². The predicted octanol–water partition coefficient (Wildman–Crippen LogP) is 1.25. The number of aryl methyl sites for hydroxylation is 1. The number of aliphatic hydroxyl groups is 1. The Labute approximate surface area is 123 Å². The van der Waals surface area contributed by atoms with Crippen molar-refractivity contribution in [1.82, 2.24) is 14.9 Å². The molecule has 0 saturated heterocycles. The number of hydrogen-bond donors (Lipinski definition) is 2. The van der Waals surface area contributed by atoms with Crippen LogP contribution in [0.3, 0.4) is 0 Å². The lowest BCUT2D eigenvalue weighted by Gasteiger charge is -2.13. The fraction of sp³-hybridized carbons (Fsp3) is 0.250. The molecular formula is C16H17N3O2. The summed E-state index contributed by atoms with van der Waals surface area (Å²) in [6, 6.07) is 7.40. The van der Waals surface area contributed by atoms with Crippen molar-refractivity contribution in [2.45, 2.75) is 13.0 Å². The second-order valence-corrected chi connectivity index (χ2v) is 4.70. The van der Waals surface area contributed by atoms with E-state index in [1.807, 2.05) is 38.2 Å². The molecule has 1 unspecified atom stereocenters. The first-order valence-corrected chi connectivity index (χ1v) is 6.58. The predicted molar refractivity (Wildman–Crippen MR) is 79.5 cm³/mol. The molecule has 0 spiro atoms. The normalized spacial score (nSPS) is 11.4. The monoisotopic (exact) mass is 283 g/mol. The molecule has 5 heteroatoms. The second kappa shape index (κ2) is 6.73. The van der Waals surface area contributed by atoms with Crippen LogP contribution >= 0.6 is 0 Å². The second-order valence-electron chi connectivity index (χ2n) is 4.70. The lowest BCUT2D eigenvalue weighted by atomic mass is 10.1. The average Bonchev–Trinajstić information content (AvgIpc) is 2.92. The number of carbonyl (C=O) groups is 1. The summed E-state index contributed by atoms with van der Waals surface area (Å²) in [6.07, 6.45) is 3.26. The molecule has 1 heterocycles. The van der Waals surface area contributed by atoms with E-state index in [9.17, 15) is 4.79 Å². The third-order valence-corrected chi connectivity index (χ3v) is 2.98. The van der Waals surface area contributed by atoms with Gasteiger partial charge in [0.15, 0.2) is 0 Å². The van der Waals surface area contributed by atoms with Crippen LogP contribution in [0.5, 0.6) is 0 Å². The number of carbonyl (C=O) groups excluding carboxylic acids is 1. The summed E-state index contributed by atoms with van der Waals surface area (Å²) in [5, 5.41) is 11.6. The SMILES string of the molecule is CC(NC(=O)c1cn(C)cn1)c1cccc(C#CCO)c1. The highest BCUT2D eigenvalue weighted by atomic mass is 16.2. The number of rotatable bonds is 3. The molecule has 0 radical (unpaired) electrons. The molecule has 108 valence electrons. The summed E-state index contributed by atoms with van der Waals surface area (Å²) < 4.78 is 1.73. The van der Waals surface area contributed by atoms with Crippen LogP contribution in [0.4, 0.5) is 0 Å². The fourth-order valence-corrected chi connectivity index (χ4v) is 1.91. The van der Waals surface area contributed by atoms with Gasteiger partial charge in [-0.3, -0.25) is 4.79 Å². The molecule has 1 amide bonds. The van der Waals surface area contributed by atoms with Gasteiger partial charge < -0.3 is 15.0 Å². The lowest BCUT2D eigenvalue weighted by molar-refractivity contribution is 0.0935. The largest absolute Gasteiger partial charge is 0.384 e. The molecule has 21 heavy (non-hydrogen) atoms. The molecule has 0 aliphatic rings. The molecular weight excluding hydrogens is 266 g/mol. The van der Waals surface area contributed by atoms with Gasteiger partial charge in [0.1, 0.15) is 12.3 Å². The van der Waals surface area contributed by atoms with E-state index in [1.54, 1.807) is 17.1 Å². The van der Waals surface area contributed by atoms with Crippen LogP contribution in [0.1, 0.15) is 34.6 Å². The maximum absolute atomic E-state index is 12.1. The average molecular weight is 283 g/mol. The van der Waals surface area contributed by atoms with E-state index < -0.39 is 0 Å². The van der Waals surface area contributed by atoms with Crippen molar-refractivity contribution in [1.29, 1.82) is 0 Å². The van der Waals surface area contributed by atoms with E-state index in [-0.39, 0.29) is 18.6 Å². The van der Waals surface area contributed by atoms with E-state index in [2.05, 4.69) is 22.1 Å². The molecule has 0 aliphatic carbocycles. The van der Waals surface area contributed by atoms with Crippen LogP contribution in [0, 0.1) is 11.8 Å². The minimum atomic E-state index is -0.213. The van der Waals surface area contributed by atoms with Gasteiger partial charge in [-0.05, 0) is 24.6 Å². The van der Waals surface area contributed by atoms with Gasteiger partial charge in [-0.25, -0.2) is 4.98 Å². The highest BCUT2D eigenvalue weighted by Gasteiger charge is 2.13.